The normalized spacial score (nSPS) is 17.2. The van der Waals surface area contributed by atoms with E-state index in [1.165, 1.54) is 18.6 Å². The van der Waals surface area contributed by atoms with Gasteiger partial charge in [-0.05, 0) is 36.1 Å². The van der Waals surface area contributed by atoms with Gasteiger partial charge in [0.15, 0.2) is 0 Å². The van der Waals surface area contributed by atoms with Gasteiger partial charge in [-0.2, -0.15) is 0 Å². The van der Waals surface area contributed by atoms with Gasteiger partial charge in [0.05, 0.1) is 0 Å². The van der Waals surface area contributed by atoms with Gasteiger partial charge in [-0.3, -0.25) is 4.79 Å². The second-order valence-corrected chi connectivity index (χ2v) is 5.15. The molecule has 1 saturated heterocycles. The third-order valence-electron chi connectivity index (χ3n) is 3.55. The van der Waals surface area contributed by atoms with Crippen LogP contribution >= 0.6 is 0 Å². The summed E-state index contributed by atoms with van der Waals surface area (Å²) in [5, 5.41) is 0. The minimum absolute atomic E-state index is 0.179. The van der Waals surface area contributed by atoms with E-state index in [2.05, 4.69) is 0 Å². The first-order chi connectivity index (χ1) is 9.19. The molecule has 19 heavy (non-hydrogen) atoms. The zero-order valence-corrected chi connectivity index (χ0v) is 11.2. The molecule has 0 spiro atoms. The molecule has 2 rings (SSSR count). The second kappa shape index (κ2) is 6.66. The van der Waals surface area contributed by atoms with Crippen LogP contribution in [0.5, 0.6) is 0 Å². The number of benzene rings is 1. The lowest BCUT2D eigenvalue weighted by Crippen LogP contribution is -2.32. The molecule has 0 unspecified atom stereocenters. The molecule has 0 aromatic heterocycles. The summed E-state index contributed by atoms with van der Waals surface area (Å²) in [6.07, 6.45) is 4.91. The summed E-state index contributed by atoms with van der Waals surface area (Å²) in [4.78, 5) is 13.9. The third-order valence-corrected chi connectivity index (χ3v) is 3.55. The average Bonchev–Trinajstić information content (AvgIpc) is 2.38. The maximum absolute atomic E-state index is 13.5. The van der Waals surface area contributed by atoms with Crippen LogP contribution in [0.3, 0.4) is 0 Å². The van der Waals surface area contributed by atoms with Gasteiger partial charge in [0.1, 0.15) is 5.82 Å². The molecule has 4 heteroatoms. The number of hydrogen-bond donors (Lipinski definition) is 1. The minimum Gasteiger partial charge on any atom is -0.338 e. The molecule has 0 aliphatic carbocycles. The van der Waals surface area contributed by atoms with E-state index in [-0.39, 0.29) is 11.7 Å². The molecule has 2 N–H and O–H groups in total. The molecule has 1 heterocycles. The fourth-order valence-electron chi connectivity index (χ4n) is 2.53. The van der Waals surface area contributed by atoms with Gasteiger partial charge >= 0.3 is 0 Å². The van der Waals surface area contributed by atoms with Crippen molar-refractivity contribution in [3.05, 3.63) is 35.1 Å². The zero-order chi connectivity index (χ0) is 13.7. The Bertz CT molecular complexity index is 448. The molecule has 104 valence electrons. The van der Waals surface area contributed by atoms with Crippen molar-refractivity contribution in [1.82, 2.24) is 4.90 Å². The summed E-state index contributed by atoms with van der Waals surface area (Å²) in [5.41, 5.74) is 7.15. The molecule has 1 aromatic carbocycles. The molecule has 1 aliphatic rings. The molecular formula is C15H21FN2O. The van der Waals surface area contributed by atoms with E-state index >= 15 is 0 Å². The Morgan fingerprint density at radius 1 is 1.11 bits per heavy atom. The molecule has 1 aliphatic heterocycles. The van der Waals surface area contributed by atoms with Gasteiger partial charge < -0.3 is 10.6 Å². The Balaban J connectivity index is 2.09. The van der Waals surface area contributed by atoms with Crippen molar-refractivity contribution < 1.29 is 9.18 Å². The fourth-order valence-corrected chi connectivity index (χ4v) is 2.53. The number of carbonyl (C=O) groups excluding carboxylic acids is 1. The Kier molecular flexibility index (Phi) is 4.91. The largest absolute Gasteiger partial charge is 0.338 e. The van der Waals surface area contributed by atoms with Crippen LogP contribution in [0.4, 0.5) is 4.39 Å². The van der Waals surface area contributed by atoms with Crippen LogP contribution in [0.25, 0.3) is 0 Å². The van der Waals surface area contributed by atoms with Crippen molar-refractivity contribution in [2.45, 2.75) is 45.2 Å². The number of halogens is 1. The zero-order valence-electron chi connectivity index (χ0n) is 11.2. The Morgan fingerprint density at radius 2 is 1.84 bits per heavy atom. The Hall–Kier alpha value is -1.42. The highest BCUT2D eigenvalue weighted by molar-refractivity contribution is 5.76. The van der Waals surface area contributed by atoms with Crippen molar-refractivity contribution in [3.8, 4) is 0 Å². The average molecular weight is 264 g/mol. The van der Waals surface area contributed by atoms with Crippen LogP contribution in [0, 0.1) is 5.82 Å². The SMILES string of the molecule is NCc1cc(F)cc(CN2CCCCCCC2=O)c1. The van der Waals surface area contributed by atoms with Crippen LogP contribution in [-0.4, -0.2) is 17.4 Å². The Morgan fingerprint density at radius 3 is 2.63 bits per heavy atom. The van der Waals surface area contributed by atoms with E-state index in [1.54, 1.807) is 0 Å². The fraction of sp³-hybridized carbons (Fsp3) is 0.533. The summed E-state index contributed by atoms with van der Waals surface area (Å²) in [6.45, 7) is 1.58. The third kappa shape index (κ3) is 4.03. The highest BCUT2D eigenvalue weighted by atomic mass is 19.1. The molecule has 0 bridgehead atoms. The van der Waals surface area contributed by atoms with Crippen molar-refractivity contribution >= 4 is 5.91 Å². The summed E-state index contributed by atoms with van der Waals surface area (Å²) < 4.78 is 13.5. The number of amides is 1. The van der Waals surface area contributed by atoms with Gasteiger partial charge in [-0.25, -0.2) is 4.39 Å². The lowest BCUT2D eigenvalue weighted by molar-refractivity contribution is -0.132. The maximum atomic E-state index is 13.5. The minimum atomic E-state index is -0.280. The molecule has 0 radical (unpaired) electrons. The first-order valence-corrected chi connectivity index (χ1v) is 6.95. The molecule has 1 aromatic rings. The van der Waals surface area contributed by atoms with Crippen LogP contribution in [0.2, 0.25) is 0 Å². The molecule has 0 atom stereocenters. The van der Waals surface area contributed by atoms with Gasteiger partial charge in [0.2, 0.25) is 5.91 Å². The number of carbonyl (C=O) groups is 1. The van der Waals surface area contributed by atoms with Crippen molar-refractivity contribution in [2.75, 3.05) is 6.54 Å². The van der Waals surface area contributed by atoms with E-state index in [1.807, 2.05) is 11.0 Å². The lowest BCUT2D eigenvalue weighted by atomic mass is 10.1. The topological polar surface area (TPSA) is 46.3 Å². The van der Waals surface area contributed by atoms with Gasteiger partial charge in [0, 0.05) is 26.1 Å². The predicted octanol–water partition coefficient (Wildman–Crippen LogP) is 2.58. The van der Waals surface area contributed by atoms with Gasteiger partial charge in [0.25, 0.3) is 0 Å². The molecule has 0 saturated carbocycles. The highest BCUT2D eigenvalue weighted by Crippen LogP contribution is 2.16. The van der Waals surface area contributed by atoms with Crippen LogP contribution in [0.1, 0.15) is 43.2 Å². The summed E-state index contributed by atoms with van der Waals surface area (Å²) in [6, 6.07) is 4.82. The summed E-state index contributed by atoms with van der Waals surface area (Å²) >= 11 is 0. The number of nitrogens with two attached hydrogens (primary N) is 1. The first kappa shape index (κ1) is 14.0. The number of rotatable bonds is 3. The number of nitrogens with zero attached hydrogens (tertiary/aromatic N) is 1. The Labute approximate surface area is 113 Å². The van der Waals surface area contributed by atoms with Crippen molar-refractivity contribution in [2.24, 2.45) is 5.73 Å². The molecular weight excluding hydrogens is 243 g/mol. The van der Waals surface area contributed by atoms with Gasteiger partial charge in [-0.15, -0.1) is 0 Å². The first-order valence-electron chi connectivity index (χ1n) is 6.95. The van der Waals surface area contributed by atoms with E-state index in [4.69, 9.17) is 5.73 Å². The van der Waals surface area contributed by atoms with Crippen LogP contribution in [-0.2, 0) is 17.9 Å². The van der Waals surface area contributed by atoms with E-state index in [9.17, 15) is 9.18 Å². The smallest absolute Gasteiger partial charge is 0.222 e. The van der Waals surface area contributed by atoms with Gasteiger partial charge in [-0.1, -0.05) is 18.9 Å². The maximum Gasteiger partial charge on any atom is 0.222 e. The summed E-state index contributed by atoms with van der Waals surface area (Å²) in [7, 11) is 0. The van der Waals surface area contributed by atoms with E-state index in [0.717, 1.165) is 36.9 Å². The van der Waals surface area contributed by atoms with E-state index in [0.29, 0.717) is 19.5 Å². The molecule has 3 nitrogen and oxygen atoms in total. The molecule has 1 fully saturated rings. The second-order valence-electron chi connectivity index (χ2n) is 5.15. The standard InChI is InChI=1S/C15H21FN2O/c16-14-8-12(10-17)7-13(9-14)11-18-6-4-2-1-3-5-15(18)19/h7-9H,1-6,10-11,17H2. The van der Waals surface area contributed by atoms with Crippen LogP contribution in [0.15, 0.2) is 18.2 Å². The van der Waals surface area contributed by atoms with E-state index < -0.39 is 0 Å². The highest BCUT2D eigenvalue weighted by Gasteiger charge is 2.16. The quantitative estimate of drug-likeness (QED) is 0.912. The van der Waals surface area contributed by atoms with Crippen molar-refractivity contribution in [3.63, 3.8) is 0 Å². The number of hydrogen-bond acceptors (Lipinski definition) is 2. The van der Waals surface area contributed by atoms with Crippen LogP contribution < -0.4 is 5.73 Å². The lowest BCUT2D eigenvalue weighted by Gasteiger charge is -2.25. The predicted molar refractivity (Wildman–Crippen MR) is 72.8 cm³/mol. The van der Waals surface area contributed by atoms with Crippen molar-refractivity contribution in [1.29, 1.82) is 0 Å². The molecule has 1 amide bonds. The summed E-state index contributed by atoms with van der Waals surface area (Å²) in [5.74, 6) is -0.101. The number of likely N-dealkylation sites (tertiary alicyclic amines) is 1. The monoisotopic (exact) mass is 264 g/mol.